The van der Waals surface area contributed by atoms with E-state index in [2.05, 4.69) is 10.3 Å². The highest BCUT2D eigenvalue weighted by Gasteiger charge is 2.23. The van der Waals surface area contributed by atoms with Crippen LogP contribution in [-0.2, 0) is 16.1 Å². The van der Waals surface area contributed by atoms with Crippen LogP contribution in [0.3, 0.4) is 0 Å². The summed E-state index contributed by atoms with van der Waals surface area (Å²) in [6.45, 7) is 1.88. The molecule has 7 heteroatoms. The van der Waals surface area contributed by atoms with E-state index in [0.29, 0.717) is 43.3 Å². The quantitative estimate of drug-likeness (QED) is 0.576. The molecule has 1 fully saturated rings. The predicted octanol–water partition coefficient (Wildman–Crippen LogP) is 3.39. The number of ketones is 1. The fraction of sp³-hybridized carbons (Fsp3) is 0.440. The molecule has 1 N–H and O–H groups in total. The zero-order valence-corrected chi connectivity index (χ0v) is 18.6. The molecule has 2 heterocycles. The third kappa shape index (κ3) is 7.18. The lowest BCUT2D eigenvalue weighted by molar-refractivity contribution is -0.132. The first-order valence-electron chi connectivity index (χ1n) is 11.2. The average Bonchev–Trinajstić information content (AvgIpc) is 2.85. The van der Waals surface area contributed by atoms with Crippen LogP contribution in [0.25, 0.3) is 0 Å². The van der Waals surface area contributed by atoms with Gasteiger partial charge in [-0.15, -0.1) is 0 Å². The number of carbonyl (C=O) groups excluding carboxylic acids is 3. The topological polar surface area (TPSA) is 88.6 Å². The highest BCUT2D eigenvalue weighted by Crippen LogP contribution is 2.23. The Balaban J connectivity index is 1.31. The van der Waals surface area contributed by atoms with Crippen LogP contribution in [0.15, 0.2) is 48.8 Å². The van der Waals surface area contributed by atoms with Crippen LogP contribution in [0.4, 0.5) is 0 Å². The second-order valence-corrected chi connectivity index (χ2v) is 8.15. The molecule has 1 aromatic carbocycles. The smallest absolute Gasteiger partial charge is 0.223 e. The van der Waals surface area contributed by atoms with E-state index < -0.39 is 0 Å². The molecule has 0 unspecified atom stereocenters. The molecule has 0 bridgehead atoms. The molecule has 1 aliphatic rings. The number of piperidine rings is 1. The monoisotopic (exact) mass is 437 g/mol. The van der Waals surface area contributed by atoms with Gasteiger partial charge in [0.05, 0.1) is 7.11 Å². The molecule has 0 spiro atoms. The van der Waals surface area contributed by atoms with Crippen molar-refractivity contribution in [2.24, 2.45) is 5.92 Å². The maximum atomic E-state index is 12.5. The molecule has 3 rings (SSSR count). The molecule has 170 valence electrons. The molecule has 0 radical (unpaired) electrons. The number of nitrogens with one attached hydrogen (secondary N) is 1. The molecule has 1 aliphatic heterocycles. The van der Waals surface area contributed by atoms with E-state index in [1.807, 2.05) is 17.0 Å². The van der Waals surface area contributed by atoms with E-state index >= 15 is 0 Å². The zero-order valence-electron chi connectivity index (χ0n) is 18.6. The summed E-state index contributed by atoms with van der Waals surface area (Å²) >= 11 is 0. The van der Waals surface area contributed by atoms with Gasteiger partial charge in [0.15, 0.2) is 5.78 Å². The molecule has 1 aromatic heterocycles. The summed E-state index contributed by atoms with van der Waals surface area (Å²) < 4.78 is 5.10. The van der Waals surface area contributed by atoms with Gasteiger partial charge < -0.3 is 15.0 Å². The van der Waals surface area contributed by atoms with Gasteiger partial charge in [-0.2, -0.15) is 0 Å². The van der Waals surface area contributed by atoms with Crippen LogP contribution in [0.1, 0.15) is 54.4 Å². The van der Waals surface area contributed by atoms with Crippen molar-refractivity contribution in [2.45, 2.75) is 45.1 Å². The van der Waals surface area contributed by atoms with Gasteiger partial charge in [-0.3, -0.25) is 19.4 Å². The van der Waals surface area contributed by atoms with Crippen molar-refractivity contribution in [1.82, 2.24) is 15.2 Å². The van der Waals surface area contributed by atoms with Crippen molar-refractivity contribution in [3.63, 3.8) is 0 Å². The van der Waals surface area contributed by atoms with Crippen molar-refractivity contribution in [3.05, 3.63) is 59.9 Å². The fourth-order valence-corrected chi connectivity index (χ4v) is 3.90. The molecule has 1 saturated heterocycles. The molecular weight excluding hydrogens is 406 g/mol. The molecule has 0 saturated carbocycles. The van der Waals surface area contributed by atoms with Crippen molar-refractivity contribution in [2.75, 3.05) is 20.2 Å². The molecular formula is C25H31N3O4. The number of likely N-dealkylation sites (tertiary alicyclic amines) is 1. The van der Waals surface area contributed by atoms with Gasteiger partial charge in [-0.25, -0.2) is 0 Å². The van der Waals surface area contributed by atoms with Crippen LogP contribution < -0.4 is 10.1 Å². The Kier molecular flexibility index (Phi) is 8.78. The zero-order chi connectivity index (χ0) is 22.8. The number of carbonyl (C=O) groups is 3. The first-order chi connectivity index (χ1) is 15.5. The second kappa shape index (κ2) is 12.0. The number of hydrogen-bond acceptors (Lipinski definition) is 5. The van der Waals surface area contributed by atoms with Gasteiger partial charge >= 0.3 is 0 Å². The standard InChI is InChI=1S/C25H31N3O4/c1-32-22-7-5-21(6-8-22)23(29)9-11-25(31)28-15-12-19(13-16-28)4-10-24(30)27-18-20-3-2-14-26-17-20/h2-3,5-8,14,17,19H,4,9-13,15-16,18H2,1H3,(H,27,30). The van der Waals surface area contributed by atoms with Crippen molar-refractivity contribution in [1.29, 1.82) is 0 Å². The molecule has 2 aromatic rings. The van der Waals surface area contributed by atoms with E-state index in [0.717, 1.165) is 24.8 Å². The molecule has 0 aliphatic carbocycles. The maximum absolute atomic E-state index is 12.5. The van der Waals surface area contributed by atoms with Crippen LogP contribution in [-0.4, -0.2) is 47.7 Å². The average molecular weight is 438 g/mol. The largest absolute Gasteiger partial charge is 0.497 e. The van der Waals surface area contributed by atoms with Gasteiger partial charge in [-0.05, 0) is 61.1 Å². The second-order valence-electron chi connectivity index (χ2n) is 8.15. The van der Waals surface area contributed by atoms with E-state index in [9.17, 15) is 14.4 Å². The van der Waals surface area contributed by atoms with E-state index in [1.54, 1.807) is 43.8 Å². The number of benzene rings is 1. The summed E-state index contributed by atoms with van der Waals surface area (Å²) in [6.07, 6.45) is 7.02. The molecule has 0 atom stereocenters. The lowest BCUT2D eigenvalue weighted by Crippen LogP contribution is -2.38. The van der Waals surface area contributed by atoms with E-state index in [-0.39, 0.29) is 30.4 Å². The minimum Gasteiger partial charge on any atom is -0.497 e. The highest BCUT2D eigenvalue weighted by atomic mass is 16.5. The Bertz CT molecular complexity index is 891. The lowest BCUT2D eigenvalue weighted by Gasteiger charge is -2.32. The van der Waals surface area contributed by atoms with Gasteiger partial charge in [0.25, 0.3) is 0 Å². The van der Waals surface area contributed by atoms with E-state index in [1.165, 1.54) is 0 Å². The number of hydrogen-bond donors (Lipinski definition) is 1. The van der Waals surface area contributed by atoms with E-state index in [4.69, 9.17) is 4.74 Å². The SMILES string of the molecule is COc1ccc(C(=O)CCC(=O)N2CCC(CCC(=O)NCc3cccnc3)CC2)cc1. The van der Waals surface area contributed by atoms with Gasteiger partial charge in [0, 0.05) is 56.9 Å². The number of rotatable bonds is 10. The van der Waals surface area contributed by atoms with Crippen LogP contribution in [0.5, 0.6) is 5.75 Å². The number of pyridine rings is 1. The van der Waals surface area contributed by atoms with Gasteiger partial charge in [0.2, 0.25) is 11.8 Å². The molecule has 32 heavy (non-hydrogen) atoms. The first-order valence-corrected chi connectivity index (χ1v) is 11.2. The summed E-state index contributed by atoms with van der Waals surface area (Å²) in [7, 11) is 1.58. The number of nitrogens with zero attached hydrogens (tertiary/aromatic N) is 2. The highest BCUT2D eigenvalue weighted by molar-refractivity contribution is 5.98. The van der Waals surface area contributed by atoms with Crippen LogP contribution >= 0.6 is 0 Å². The van der Waals surface area contributed by atoms with Crippen molar-refractivity contribution >= 4 is 17.6 Å². The molecule has 7 nitrogen and oxygen atoms in total. The maximum Gasteiger partial charge on any atom is 0.223 e. The Labute approximate surface area is 189 Å². The van der Waals surface area contributed by atoms with Gasteiger partial charge in [0.1, 0.15) is 5.75 Å². The normalized spacial score (nSPS) is 14.1. The first kappa shape index (κ1) is 23.4. The Morgan fingerprint density at radius 1 is 1.06 bits per heavy atom. The number of aromatic nitrogens is 1. The summed E-state index contributed by atoms with van der Waals surface area (Å²) in [5.41, 5.74) is 1.58. The van der Waals surface area contributed by atoms with Gasteiger partial charge in [-0.1, -0.05) is 6.07 Å². The third-order valence-electron chi connectivity index (χ3n) is 5.94. The van der Waals surface area contributed by atoms with Crippen molar-refractivity contribution in [3.8, 4) is 5.75 Å². The van der Waals surface area contributed by atoms with Crippen molar-refractivity contribution < 1.29 is 19.1 Å². The predicted molar refractivity (Wildman–Crippen MR) is 121 cm³/mol. The van der Waals surface area contributed by atoms with Crippen LogP contribution in [0.2, 0.25) is 0 Å². The summed E-state index contributed by atoms with van der Waals surface area (Å²) in [4.78, 5) is 42.8. The third-order valence-corrected chi connectivity index (χ3v) is 5.94. The van der Waals surface area contributed by atoms with Crippen LogP contribution in [0, 0.1) is 5.92 Å². The fourth-order valence-electron chi connectivity index (χ4n) is 3.90. The number of amides is 2. The summed E-state index contributed by atoms with van der Waals surface area (Å²) in [5, 5.41) is 2.93. The minimum atomic E-state index is -0.0341. The number of methoxy groups -OCH3 is 1. The molecule has 2 amide bonds. The lowest BCUT2D eigenvalue weighted by atomic mass is 9.91. The summed E-state index contributed by atoms with van der Waals surface area (Å²) in [5.74, 6) is 1.19. The Morgan fingerprint density at radius 3 is 2.47 bits per heavy atom. The summed E-state index contributed by atoms with van der Waals surface area (Å²) in [6, 6.07) is 10.7. The minimum absolute atomic E-state index is 0.0273. The number of Topliss-reactive ketones (excluding diaryl/α,β-unsaturated/α-hetero) is 1. The number of ether oxygens (including phenoxy) is 1. The Morgan fingerprint density at radius 2 is 1.81 bits per heavy atom. The Hall–Kier alpha value is -3.22.